The van der Waals surface area contributed by atoms with Crippen LogP contribution in [-0.2, 0) is 9.59 Å². The largest absolute Gasteiger partial charge is 0.355 e. The van der Waals surface area contributed by atoms with Crippen LogP contribution in [0.4, 0.5) is 17.1 Å². The molecule has 0 saturated heterocycles. The van der Waals surface area contributed by atoms with E-state index in [2.05, 4.69) is 21.2 Å². The number of rotatable bonds is 5. The Balaban J connectivity index is 1.66. The van der Waals surface area contributed by atoms with E-state index >= 15 is 0 Å². The highest BCUT2D eigenvalue weighted by molar-refractivity contribution is 6.39. The van der Waals surface area contributed by atoms with Gasteiger partial charge in [-0.2, -0.15) is 5.10 Å². The van der Waals surface area contributed by atoms with Crippen LogP contribution in [0.15, 0.2) is 71.8 Å². The minimum atomic E-state index is -0.872. The van der Waals surface area contributed by atoms with Gasteiger partial charge in [0.15, 0.2) is 0 Å². The summed E-state index contributed by atoms with van der Waals surface area (Å²) in [5, 5.41) is 10.2. The van der Waals surface area contributed by atoms with E-state index in [1.807, 2.05) is 50.2 Å². The lowest BCUT2D eigenvalue weighted by atomic mass is 10.1. The van der Waals surface area contributed by atoms with E-state index in [9.17, 15) is 9.59 Å². The summed E-state index contributed by atoms with van der Waals surface area (Å²) in [6, 6.07) is 20.4. The van der Waals surface area contributed by atoms with E-state index in [0.717, 1.165) is 22.5 Å². The van der Waals surface area contributed by atoms with Crippen LogP contribution in [0.1, 0.15) is 16.7 Å². The Morgan fingerprint density at radius 1 is 0.867 bits per heavy atom. The van der Waals surface area contributed by atoms with Crippen molar-refractivity contribution in [3.05, 3.63) is 88.4 Å². The lowest BCUT2D eigenvalue weighted by molar-refractivity contribution is -0.136. The van der Waals surface area contributed by atoms with Gasteiger partial charge in [0.25, 0.3) is 0 Å². The number of benzene rings is 3. The smallest absolute Gasteiger partial charge is 0.329 e. The summed E-state index contributed by atoms with van der Waals surface area (Å²) < 4.78 is 0. The fourth-order valence-corrected chi connectivity index (χ4v) is 2.85. The number of anilines is 3. The molecule has 0 saturated carbocycles. The van der Waals surface area contributed by atoms with Gasteiger partial charge in [0.05, 0.1) is 6.21 Å². The lowest BCUT2D eigenvalue weighted by Gasteiger charge is -2.10. The van der Waals surface area contributed by atoms with Gasteiger partial charge < -0.3 is 10.6 Å². The number of aryl methyl sites for hydroxylation is 2. The van der Waals surface area contributed by atoms with Crippen LogP contribution in [0.3, 0.4) is 0 Å². The van der Waals surface area contributed by atoms with Crippen LogP contribution in [0, 0.1) is 13.8 Å². The summed E-state index contributed by atoms with van der Waals surface area (Å²) in [6.07, 6.45) is 1.43. The second-order valence-electron chi connectivity index (χ2n) is 6.75. The van der Waals surface area contributed by atoms with Crippen LogP contribution < -0.4 is 16.1 Å². The average molecular weight is 421 g/mol. The maximum atomic E-state index is 12.0. The molecule has 0 aromatic heterocycles. The van der Waals surface area contributed by atoms with Crippen molar-refractivity contribution in [2.24, 2.45) is 5.10 Å². The minimum absolute atomic E-state index is 0.523. The van der Waals surface area contributed by atoms with Gasteiger partial charge >= 0.3 is 11.8 Å². The summed E-state index contributed by atoms with van der Waals surface area (Å²) in [7, 11) is 0. The first-order valence-electron chi connectivity index (χ1n) is 9.25. The first kappa shape index (κ1) is 21.1. The Hall–Kier alpha value is -3.64. The Morgan fingerprint density at radius 3 is 2.37 bits per heavy atom. The third kappa shape index (κ3) is 5.93. The van der Waals surface area contributed by atoms with Crippen molar-refractivity contribution >= 4 is 46.7 Å². The topological polar surface area (TPSA) is 82.6 Å². The SMILES string of the molecule is Cc1ccc(Nc2ccc(Cl)cc2/C=N\NC(=O)C(=O)Nc2cccc(C)c2)cc1. The van der Waals surface area contributed by atoms with E-state index in [-0.39, 0.29) is 0 Å². The molecule has 0 aliphatic heterocycles. The molecule has 152 valence electrons. The van der Waals surface area contributed by atoms with Gasteiger partial charge in [0.2, 0.25) is 0 Å². The third-order valence-corrected chi connectivity index (χ3v) is 4.43. The quantitative estimate of drug-likeness (QED) is 0.315. The third-order valence-electron chi connectivity index (χ3n) is 4.20. The number of carbonyl (C=O) groups excluding carboxylic acids is 2. The van der Waals surface area contributed by atoms with Crippen molar-refractivity contribution in [1.29, 1.82) is 0 Å². The standard InChI is InChI=1S/C23H21ClN4O2/c1-15-6-9-19(10-7-15)26-21-11-8-18(24)13-17(21)14-25-28-23(30)22(29)27-20-5-3-4-16(2)12-20/h3-14,26H,1-2H3,(H,27,29)(H,28,30)/b25-14-. The summed E-state index contributed by atoms with van der Waals surface area (Å²) >= 11 is 6.09. The number of nitrogens with one attached hydrogen (secondary N) is 3. The summed E-state index contributed by atoms with van der Waals surface area (Å²) in [5.74, 6) is -1.68. The molecule has 0 aliphatic rings. The maximum absolute atomic E-state index is 12.0. The molecule has 7 heteroatoms. The van der Waals surface area contributed by atoms with E-state index in [0.29, 0.717) is 16.3 Å². The maximum Gasteiger partial charge on any atom is 0.329 e. The summed E-state index contributed by atoms with van der Waals surface area (Å²) in [5.41, 5.74) is 7.21. The molecule has 6 nitrogen and oxygen atoms in total. The second-order valence-corrected chi connectivity index (χ2v) is 7.18. The van der Waals surface area contributed by atoms with E-state index in [1.165, 1.54) is 6.21 Å². The molecule has 0 unspecified atom stereocenters. The normalized spacial score (nSPS) is 10.6. The molecule has 0 fully saturated rings. The molecule has 3 N–H and O–H groups in total. The predicted octanol–water partition coefficient (Wildman–Crippen LogP) is 4.79. The highest BCUT2D eigenvalue weighted by atomic mass is 35.5. The molecule has 0 spiro atoms. The number of nitrogens with zero attached hydrogens (tertiary/aromatic N) is 1. The molecule has 3 aromatic carbocycles. The van der Waals surface area contributed by atoms with Gasteiger partial charge in [-0.3, -0.25) is 9.59 Å². The Labute approximate surface area is 180 Å². The van der Waals surface area contributed by atoms with Gasteiger partial charge in [0.1, 0.15) is 0 Å². The first-order valence-corrected chi connectivity index (χ1v) is 9.63. The number of carbonyl (C=O) groups is 2. The summed E-state index contributed by atoms with van der Waals surface area (Å²) in [6.45, 7) is 3.91. The molecule has 0 aliphatic carbocycles. The zero-order chi connectivity index (χ0) is 21.5. The van der Waals surface area contributed by atoms with E-state index in [4.69, 9.17) is 11.6 Å². The van der Waals surface area contributed by atoms with Gasteiger partial charge in [0, 0.05) is 27.6 Å². The van der Waals surface area contributed by atoms with Crippen LogP contribution in [-0.4, -0.2) is 18.0 Å². The first-order chi connectivity index (χ1) is 14.4. The van der Waals surface area contributed by atoms with Crippen molar-refractivity contribution < 1.29 is 9.59 Å². The molecular weight excluding hydrogens is 400 g/mol. The molecule has 3 rings (SSSR count). The van der Waals surface area contributed by atoms with Gasteiger partial charge in [-0.15, -0.1) is 0 Å². The van der Waals surface area contributed by atoms with Crippen molar-refractivity contribution in [2.45, 2.75) is 13.8 Å². The van der Waals surface area contributed by atoms with Gasteiger partial charge in [-0.1, -0.05) is 41.4 Å². The van der Waals surface area contributed by atoms with Gasteiger partial charge in [-0.05, 0) is 61.9 Å². The highest BCUT2D eigenvalue weighted by Gasteiger charge is 2.13. The zero-order valence-corrected chi connectivity index (χ0v) is 17.3. The molecule has 2 amide bonds. The number of hydrogen-bond donors (Lipinski definition) is 3. The minimum Gasteiger partial charge on any atom is -0.355 e. The highest BCUT2D eigenvalue weighted by Crippen LogP contribution is 2.23. The molecule has 0 radical (unpaired) electrons. The van der Waals surface area contributed by atoms with Crippen LogP contribution in [0.5, 0.6) is 0 Å². The Kier molecular flexibility index (Phi) is 6.83. The fraction of sp³-hybridized carbons (Fsp3) is 0.0870. The predicted molar refractivity (Wildman–Crippen MR) is 121 cm³/mol. The molecule has 0 bridgehead atoms. The monoisotopic (exact) mass is 420 g/mol. The van der Waals surface area contributed by atoms with Gasteiger partial charge in [-0.25, -0.2) is 5.43 Å². The molecule has 0 heterocycles. The van der Waals surface area contributed by atoms with Crippen molar-refractivity contribution in [1.82, 2.24) is 5.43 Å². The number of hydrazone groups is 1. The lowest BCUT2D eigenvalue weighted by Crippen LogP contribution is -2.32. The second kappa shape index (κ2) is 9.71. The van der Waals surface area contributed by atoms with Crippen molar-refractivity contribution in [2.75, 3.05) is 10.6 Å². The molecule has 3 aromatic rings. The van der Waals surface area contributed by atoms with Crippen molar-refractivity contribution in [3.63, 3.8) is 0 Å². The number of halogens is 1. The van der Waals surface area contributed by atoms with E-state index < -0.39 is 11.8 Å². The molecule has 30 heavy (non-hydrogen) atoms. The summed E-state index contributed by atoms with van der Waals surface area (Å²) in [4.78, 5) is 24.0. The van der Waals surface area contributed by atoms with Crippen LogP contribution >= 0.6 is 11.6 Å². The van der Waals surface area contributed by atoms with Crippen LogP contribution in [0.25, 0.3) is 0 Å². The zero-order valence-electron chi connectivity index (χ0n) is 16.6. The number of amides is 2. The Bertz CT molecular complexity index is 1090. The van der Waals surface area contributed by atoms with E-state index in [1.54, 1.807) is 30.3 Å². The number of hydrogen-bond acceptors (Lipinski definition) is 4. The Morgan fingerprint density at radius 2 is 1.63 bits per heavy atom. The molecular formula is C23H21ClN4O2. The average Bonchev–Trinajstić information content (AvgIpc) is 2.71. The van der Waals surface area contributed by atoms with Crippen LogP contribution in [0.2, 0.25) is 5.02 Å². The fourth-order valence-electron chi connectivity index (χ4n) is 2.67. The van der Waals surface area contributed by atoms with Crippen molar-refractivity contribution in [3.8, 4) is 0 Å². The molecule has 0 atom stereocenters.